The number of carbonyl (C=O) groups excluding carboxylic acids is 1. The first kappa shape index (κ1) is 19.3. The van der Waals surface area contributed by atoms with E-state index in [0.717, 1.165) is 31.5 Å². The third-order valence-electron chi connectivity index (χ3n) is 5.09. The number of nitrogens with zero attached hydrogens (tertiary/aromatic N) is 3. The molecule has 150 valence electrons. The van der Waals surface area contributed by atoms with Crippen LogP contribution in [0.15, 0.2) is 48.5 Å². The van der Waals surface area contributed by atoms with Crippen molar-refractivity contribution in [2.75, 3.05) is 27.3 Å². The molecule has 29 heavy (non-hydrogen) atoms. The summed E-state index contributed by atoms with van der Waals surface area (Å²) < 4.78 is 12.4. The number of para-hydroxylation sites is 1. The van der Waals surface area contributed by atoms with Crippen LogP contribution in [0, 0.1) is 0 Å². The second-order valence-corrected chi connectivity index (χ2v) is 7.25. The van der Waals surface area contributed by atoms with Crippen LogP contribution in [-0.4, -0.2) is 47.9 Å². The third-order valence-corrected chi connectivity index (χ3v) is 5.41. The van der Waals surface area contributed by atoms with Crippen molar-refractivity contribution >= 4 is 17.5 Å². The highest BCUT2D eigenvalue weighted by Crippen LogP contribution is 2.34. The fourth-order valence-electron chi connectivity index (χ4n) is 3.56. The van der Waals surface area contributed by atoms with E-state index < -0.39 is 0 Å². The number of methoxy groups -OCH3 is 2. The molecule has 0 unspecified atom stereocenters. The Kier molecular flexibility index (Phi) is 5.45. The number of ether oxygens (including phenoxy) is 2. The molecule has 1 amide bonds. The Morgan fingerprint density at radius 2 is 1.79 bits per heavy atom. The topological polar surface area (TPSA) is 56.6 Å². The number of halogens is 1. The summed E-state index contributed by atoms with van der Waals surface area (Å²) in [6.07, 6.45) is 2.04. The van der Waals surface area contributed by atoms with Crippen LogP contribution in [0.5, 0.6) is 11.5 Å². The predicted octanol–water partition coefficient (Wildman–Crippen LogP) is 4.45. The molecule has 0 bridgehead atoms. The molecule has 2 heterocycles. The summed E-state index contributed by atoms with van der Waals surface area (Å²) in [5.41, 5.74) is 2.55. The molecule has 0 saturated carbocycles. The number of benzene rings is 2. The van der Waals surface area contributed by atoms with E-state index >= 15 is 0 Å². The van der Waals surface area contributed by atoms with Gasteiger partial charge in [-0.05, 0) is 43.2 Å². The molecule has 1 saturated heterocycles. The molecule has 0 aliphatic carbocycles. The van der Waals surface area contributed by atoms with Crippen LogP contribution in [0.2, 0.25) is 5.02 Å². The highest BCUT2D eigenvalue weighted by molar-refractivity contribution is 6.32. The van der Waals surface area contributed by atoms with Crippen molar-refractivity contribution in [3.05, 3.63) is 59.2 Å². The van der Waals surface area contributed by atoms with Crippen LogP contribution in [-0.2, 0) is 0 Å². The van der Waals surface area contributed by atoms with E-state index in [1.54, 1.807) is 37.1 Å². The molecular formula is C22H22ClN3O3. The van der Waals surface area contributed by atoms with E-state index in [0.29, 0.717) is 33.6 Å². The van der Waals surface area contributed by atoms with Gasteiger partial charge >= 0.3 is 0 Å². The summed E-state index contributed by atoms with van der Waals surface area (Å²) in [5.74, 6) is 1.26. The van der Waals surface area contributed by atoms with Crippen LogP contribution in [0.3, 0.4) is 0 Å². The Morgan fingerprint density at radius 3 is 2.48 bits per heavy atom. The Morgan fingerprint density at radius 1 is 1.03 bits per heavy atom. The van der Waals surface area contributed by atoms with Crippen molar-refractivity contribution in [3.63, 3.8) is 0 Å². The van der Waals surface area contributed by atoms with Gasteiger partial charge in [-0.15, -0.1) is 0 Å². The Hall–Kier alpha value is -2.99. The van der Waals surface area contributed by atoms with Gasteiger partial charge in [0, 0.05) is 24.7 Å². The summed E-state index contributed by atoms with van der Waals surface area (Å²) in [5, 5.41) is 5.26. The predicted molar refractivity (Wildman–Crippen MR) is 112 cm³/mol. The van der Waals surface area contributed by atoms with Crippen molar-refractivity contribution in [2.45, 2.75) is 12.8 Å². The lowest BCUT2D eigenvalue weighted by Crippen LogP contribution is -2.29. The summed E-state index contributed by atoms with van der Waals surface area (Å²) >= 11 is 6.42. The summed E-state index contributed by atoms with van der Waals surface area (Å²) in [4.78, 5) is 15.1. The third kappa shape index (κ3) is 3.68. The highest BCUT2D eigenvalue weighted by Gasteiger charge is 2.26. The van der Waals surface area contributed by atoms with Crippen molar-refractivity contribution in [1.82, 2.24) is 14.7 Å². The van der Waals surface area contributed by atoms with Crippen molar-refractivity contribution < 1.29 is 14.3 Å². The molecular weight excluding hydrogens is 390 g/mol. The quantitative estimate of drug-likeness (QED) is 0.622. The number of hydrogen-bond acceptors (Lipinski definition) is 4. The molecule has 1 aromatic heterocycles. The zero-order valence-corrected chi connectivity index (χ0v) is 17.1. The second-order valence-electron chi connectivity index (χ2n) is 6.84. The van der Waals surface area contributed by atoms with Crippen LogP contribution in [0.1, 0.15) is 23.3 Å². The van der Waals surface area contributed by atoms with E-state index in [-0.39, 0.29) is 5.91 Å². The number of amides is 1. The molecule has 7 heteroatoms. The first-order valence-corrected chi connectivity index (χ1v) is 9.87. The van der Waals surface area contributed by atoms with Crippen LogP contribution in [0.4, 0.5) is 0 Å². The van der Waals surface area contributed by atoms with Gasteiger partial charge in [-0.3, -0.25) is 4.79 Å². The Balaban J connectivity index is 1.86. The van der Waals surface area contributed by atoms with Gasteiger partial charge < -0.3 is 14.4 Å². The van der Waals surface area contributed by atoms with E-state index in [1.807, 2.05) is 35.2 Å². The number of hydrogen-bond donors (Lipinski definition) is 0. The first-order valence-electron chi connectivity index (χ1n) is 9.49. The van der Waals surface area contributed by atoms with Gasteiger partial charge in [0.2, 0.25) is 0 Å². The maximum atomic E-state index is 13.2. The van der Waals surface area contributed by atoms with Crippen LogP contribution in [0.25, 0.3) is 16.9 Å². The van der Waals surface area contributed by atoms with Gasteiger partial charge in [0.15, 0.2) is 0 Å². The fourth-order valence-corrected chi connectivity index (χ4v) is 3.78. The number of rotatable bonds is 5. The molecule has 2 aromatic carbocycles. The summed E-state index contributed by atoms with van der Waals surface area (Å²) in [7, 11) is 3.20. The Bertz CT molecular complexity index is 1040. The van der Waals surface area contributed by atoms with E-state index in [4.69, 9.17) is 26.2 Å². The standard InChI is InChI=1S/C22H22ClN3O3/c1-28-15-9-10-16(21(13-15)29-2)18-14-20(22(27)25-11-5-6-12-25)26(24-18)19-8-4-3-7-17(19)23/h3-4,7-10,13-14H,5-6,11-12H2,1-2H3. The van der Waals surface area contributed by atoms with Gasteiger partial charge in [0.05, 0.1) is 30.6 Å². The molecule has 6 nitrogen and oxygen atoms in total. The number of likely N-dealkylation sites (tertiary alicyclic amines) is 1. The molecule has 1 fully saturated rings. The van der Waals surface area contributed by atoms with E-state index in [9.17, 15) is 4.79 Å². The molecule has 1 aliphatic rings. The van der Waals surface area contributed by atoms with Gasteiger partial charge in [0.1, 0.15) is 17.2 Å². The van der Waals surface area contributed by atoms with Gasteiger partial charge in [-0.25, -0.2) is 4.68 Å². The maximum absolute atomic E-state index is 13.2. The maximum Gasteiger partial charge on any atom is 0.272 e. The first-order chi connectivity index (χ1) is 14.1. The highest BCUT2D eigenvalue weighted by atomic mass is 35.5. The van der Waals surface area contributed by atoms with Crippen molar-refractivity contribution in [3.8, 4) is 28.4 Å². The molecule has 0 radical (unpaired) electrons. The average molecular weight is 412 g/mol. The number of aromatic nitrogens is 2. The van der Waals surface area contributed by atoms with Gasteiger partial charge in [-0.2, -0.15) is 5.10 Å². The van der Waals surface area contributed by atoms with Crippen LogP contribution >= 0.6 is 11.6 Å². The minimum Gasteiger partial charge on any atom is -0.497 e. The molecule has 3 aromatic rings. The number of carbonyl (C=O) groups is 1. The lowest BCUT2D eigenvalue weighted by atomic mass is 10.1. The van der Waals surface area contributed by atoms with Gasteiger partial charge in [-0.1, -0.05) is 23.7 Å². The zero-order chi connectivity index (χ0) is 20.4. The molecule has 4 rings (SSSR count). The lowest BCUT2D eigenvalue weighted by Gasteiger charge is -2.16. The molecule has 0 spiro atoms. The summed E-state index contributed by atoms with van der Waals surface area (Å²) in [6.45, 7) is 1.52. The molecule has 0 atom stereocenters. The normalized spacial score (nSPS) is 13.6. The largest absolute Gasteiger partial charge is 0.497 e. The molecule has 0 N–H and O–H groups in total. The average Bonchev–Trinajstić information content (AvgIpc) is 3.43. The van der Waals surface area contributed by atoms with E-state index in [2.05, 4.69) is 0 Å². The van der Waals surface area contributed by atoms with Crippen molar-refractivity contribution in [2.24, 2.45) is 0 Å². The van der Waals surface area contributed by atoms with Gasteiger partial charge in [0.25, 0.3) is 5.91 Å². The van der Waals surface area contributed by atoms with Crippen molar-refractivity contribution in [1.29, 1.82) is 0 Å². The fraction of sp³-hybridized carbons (Fsp3) is 0.273. The summed E-state index contributed by atoms with van der Waals surface area (Å²) in [6, 6.07) is 14.7. The monoisotopic (exact) mass is 411 g/mol. The second kappa shape index (κ2) is 8.17. The van der Waals surface area contributed by atoms with Crippen LogP contribution < -0.4 is 9.47 Å². The zero-order valence-electron chi connectivity index (χ0n) is 16.4. The Labute approximate surface area is 174 Å². The minimum absolute atomic E-state index is 0.0475. The molecule has 1 aliphatic heterocycles. The SMILES string of the molecule is COc1ccc(-c2cc(C(=O)N3CCCC3)n(-c3ccccc3Cl)n2)c(OC)c1. The minimum atomic E-state index is -0.0475. The lowest BCUT2D eigenvalue weighted by molar-refractivity contribution is 0.0784. The van der Waals surface area contributed by atoms with E-state index in [1.165, 1.54) is 0 Å². The smallest absolute Gasteiger partial charge is 0.272 e.